The highest BCUT2D eigenvalue weighted by Crippen LogP contribution is 2.44. The smallest absolute Gasteiger partial charge is 0.125 e. The van der Waals surface area contributed by atoms with Crippen molar-refractivity contribution in [2.45, 2.75) is 44.4 Å². The van der Waals surface area contributed by atoms with E-state index in [1.807, 2.05) is 0 Å². The third-order valence-corrected chi connectivity index (χ3v) is 4.44. The average Bonchev–Trinajstić information content (AvgIpc) is 2.55. The molecule has 2 N–H and O–H groups in total. The van der Waals surface area contributed by atoms with Crippen molar-refractivity contribution in [3.63, 3.8) is 0 Å². The molecular weight excluding hydrogens is 224 g/mol. The minimum atomic E-state index is -0.0736. The summed E-state index contributed by atoms with van der Waals surface area (Å²) < 4.78 is 6.32. The third kappa shape index (κ3) is 1.82. The van der Waals surface area contributed by atoms with Gasteiger partial charge in [-0.05, 0) is 27.0 Å². The zero-order valence-electron chi connectivity index (χ0n) is 11.4. The summed E-state index contributed by atoms with van der Waals surface area (Å²) in [5.41, 5.74) is 8.71. The Bertz CT molecular complexity index is 462. The monoisotopic (exact) mass is 246 g/mol. The van der Waals surface area contributed by atoms with Gasteiger partial charge in [0.05, 0.1) is 0 Å². The van der Waals surface area contributed by atoms with E-state index in [-0.39, 0.29) is 11.6 Å². The summed E-state index contributed by atoms with van der Waals surface area (Å²) in [6, 6.07) is 7.02. The van der Waals surface area contributed by atoms with Crippen LogP contribution in [0.4, 0.5) is 0 Å². The summed E-state index contributed by atoms with van der Waals surface area (Å²) in [4.78, 5) is 2.37. The van der Waals surface area contributed by atoms with Crippen LogP contribution in [0, 0.1) is 6.92 Å². The van der Waals surface area contributed by atoms with Gasteiger partial charge in [-0.15, -0.1) is 0 Å². The molecule has 2 aliphatic heterocycles. The van der Waals surface area contributed by atoms with Crippen LogP contribution < -0.4 is 10.5 Å². The second kappa shape index (κ2) is 3.97. The highest BCUT2D eigenvalue weighted by atomic mass is 16.5. The van der Waals surface area contributed by atoms with Crippen molar-refractivity contribution in [2.24, 2.45) is 5.73 Å². The highest BCUT2D eigenvalue weighted by Gasteiger charge is 2.46. The van der Waals surface area contributed by atoms with Crippen LogP contribution in [0.2, 0.25) is 0 Å². The molecule has 3 heteroatoms. The molecule has 1 aromatic rings. The van der Waals surface area contributed by atoms with Crippen LogP contribution in [-0.4, -0.2) is 30.1 Å². The van der Waals surface area contributed by atoms with E-state index in [1.165, 1.54) is 11.1 Å². The molecule has 2 heterocycles. The molecule has 0 amide bonds. The largest absolute Gasteiger partial charge is 0.485 e. The lowest BCUT2D eigenvalue weighted by molar-refractivity contribution is 0.0463. The summed E-state index contributed by atoms with van der Waals surface area (Å²) >= 11 is 0. The van der Waals surface area contributed by atoms with Gasteiger partial charge in [-0.25, -0.2) is 0 Å². The number of fused-ring (bicyclic) bond motifs is 1. The maximum Gasteiger partial charge on any atom is 0.125 e. The van der Waals surface area contributed by atoms with Gasteiger partial charge < -0.3 is 10.5 Å². The summed E-state index contributed by atoms with van der Waals surface area (Å²) in [6.45, 7) is 5.34. The van der Waals surface area contributed by atoms with Gasteiger partial charge in [0.2, 0.25) is 0 Å². The molecule has 1 spiro atoms. The van der Waals surface area contributed by atoms with Crippen molar-refractivity contribution < 1.29 is 4.74 Å². The molecule has 1 saturated heterocycles. The van der Waals surface area contributed by atoms with Gasteiger partial charge in [-0.3, -0.25) is 4.90 Å². The normalized spacial score (nSPS) is 35.6. The molecule has 1 aromatic carbocycles. The van der Waals surface area contributed by atoms with Gasteiger partial charge in [0.25, 0.3) is 0 Å². The van der Waals surface area contributed by atoms with Gasteiger partial charge in [0, 0.05) is 37.0 Å². The Morgan fingerprint density at radius 1 is 1.39 bits per heavy atom. The Balaban J connectivity index is 1.95. The number of aryl methyl sites for hydroxylation is 1. The van der Waals surface area contributed by atoms with E-state index >= 15 is 0 Å². The molecule has 0 saturated carbocycles. The molecule has 18 heavy (non-hydrogen) atoms. The zero-order valence-corrected chi connectivity index (χ0v) is 11.4. The molecule has 0 radical (unpaired) electrons. The Morgan fingerprint density at radius 3 is 2.83 bits per heavy atom. The predicted molar refractivity (Wildman–Crippen MR) is 72.8 cm³/mol. The third-order valence-electron chi connectivity index (χ3n) is 4.44. The highest BCUT2D eigenvalue weighted by molar-refractivity contribution is 5.41. The number of likely N-dealkylation sites (tertiary alicyclic amines) is 1. The Morgan fingerprint density at radius 2 is 2.17 bits per heavy atom. The van der Waals surface area contributed by atoms with Crippen molar-refractivity contribution in [1.29, 1.82) is 0 Å². The number of likely N-dealkylation sites (N-methyl/N-ethyl adjacent to an activating group) is 1. The van der Waals surface area contributed by atoms with Crippen molar-refractivity contribution in [2.75, 3.05) is 13.6 Å². The zero-order chi connectivity index (χ0) is 12.9. The second-order valence-corrected chi connectivity index (χ2v) is 6.11. The number of hydrogen-bond donors (Lipinski definition) is 1. The molecule has 3 atom stereocenters. The number of hydrogen-bond acceptors (Lipinski definition) is 3. The first-order chi connectivity index (χ1) is 8.49. The minimum absolute atomic E-state index is 0.0736. The molecule has 2 aliphatic rings. The van der Waals surface area contributed by atoms with Gasteiger partial charge >= 0.3 is 0 Å². The van der Waals surface area contributed by atoms with E-state index < -0.39 is 0 Å². The minimum Gasteiger partial charge on any atom is -0.485 e. The van der Waals surface area contributed by atoms with Crippen molar-refractivity contribution in [3.05, 3.63) is 29.3 Å². The lowest BCUT2D eigenvalue weighted by Gasteiger charge is -2.38. The van der Waals surface area contributed by atoms with Crippen LogP contribution in [0.3, 0.4) is 0 Å². The molecule has 0 aliphatic carbocycles. The fraction of sp³-hybridized carbons (Fsp3) is 0.600. The first-order valence-corrected chi connectivity index (χ1v) is 6.74. The van der Waals surface area contributed by atoms with Gasteiger partial charge in [-0.1, -0.05) is 17.7 Å². The van der Waals surface area contributed by atoms with Crippen molar-refractivity contribution in [3.8, 4) is 5.75 Å². The van der Waals surface area contributed by atoms with E-state index in [9.17, 15) is 0 Å². The molecule has 3 rings (SSSR count). The quantitative estimate of drug-likeness (QED) is 0.763. The lowest BCUT2D eigenvalue weighted by atomic mass is 9.85. The number of rotatable bonds is 0. The molecular formula is C15H22N2O. The standard InChI is InChI=1S/C15H22N2O/c1-10-4-5-14-12(6-10)13(16)8-15(18-14)7-11(2)17(3)9-15/h4-6,11,13H,7-9,16H2,1-3H3/t11?,13-,15?/m0/s1. The van der Waals surface area contributed by atoms with E-state index in [0.29, 0.717) is 6.04 Å². The Kier molecular flexibility index (Phi) is 2.65. The van der Waals surface area contributed by atoms with Gasteiger partial charge in [0.15, 0.2) is 0 Å². The molecule has 0 bridgehead atoms. The summed E-state index contributed by atoms with van der Waals surface area (Å²) in [6.07, 6.45) is 2.00. The fourth-order valence-electron chi connectivity index (χ4n) is 3.43. The maximum absolute atomic E-state index is 6.36. The molecule has 1 fully saturated rings. The van der Waals surface area contributed by atoms with Crippen molar-refractivity contribution in [1.82, 2.24) is 4.90 Å². The van der Waals surface area contributed by atoms with E-state index in [2.05, 4.69) is 44.0 Å². The molecule has 98 valence electrons. The molecule has 2 unspecified atom stereocenters. The first-order valence-electron chi connectivity index (χ1n) is 6.74. The summed E-state index contributed by atoms with van der Waals surface area (Å²) in [5, 5.41) is 0. The Labute approximate surface area is 109 Å². The van der Waals surface area contributed by atoms with E-state index in [4.69, 9.17) is 10.5 Å². The number of nitrogens with zero attached hydrogens (tertiary/aromatic N) is 1. The van der Waals surface area contributed by atoms with Crippen LogP contribution in [0.5, 0.6) is 5.75 Å². The molecule has 0 aromatic heterocycles. The second-order valence-electron chi connectivity index (χ2n) is 6.11. The Hall–Kier alpha value is -1.06. The van der Waals surface area contributed by atoms with E-state index in [0.717, 1.165) is 25.1 Å². The number of ether oxygens (including phenoxy) is 1. The van der Waals surface area contributed by atoms with Gasteiger partial charge in [-0.2, -0.15) is 0 Å². The van der Waals surface area contributed by atoms with Crippen LogP contribution in [0.25, 0.3) is 0 Å². The van der Waals surface area contributed by atoms with Gasteiger partial charge in [0.1, 0.15) is 11.4 Å². The number of nitrogens with two attached hydrogens (primary N) is 1. The van der Waals surface area contributed by atoms with Crippen molar-refractivity contribution >= 4 is 0 Å². The lowest BCUT2D eigenvalue weighted by Crippen LogP contribution is -2.44. The van der Waals surface area contributed by atoms with Crippen LogP contribution >= 0.6 is 0 Å². The summed E-state index contributed by atoms with van der Waals surface area (Å²) in [7, 11) is 2.17. The average molecular weight is 246 g/mol. The topological polar surface area (TPSA) is 38.5 Å². The summed E-state index contributed by atoms with van der Waals surface area (Å²) in [5.74, 6) is 0.988. The maximum atomic E-state index is 6.36. The van der Waals surface area contributed by atoms with E-state index in [1.54, 1.807) is 0 Å². The van der Waals surface area contributed by atoms with Crippen LogP contribution in [0.15, 0.2) is 18.2 Å². The fourth-order valence-corrected chi connectivity index (χ4v) is 3.43. The van der Waals surface area contributed by atoms with Crippen LogP contribution in [0.1, 0.15) is 36.9 Å². The molecule has 3 nitrogen and oxygen atoms in total. The predicted octanol–water partition coefficient (Wildman–Crippen LogP) is 2.24. The number of benzene rings is 1. The SMILES string of the molecule is Cc1ccc2c(c1)[C@@H](N)CC1(CC(C)N(C)C1)O2. The first kappa shape index (κ1) is 12.0. The van der Waals surface area contributed by atoms with Crippen LogP contribution in [-0.2, 0) is 0 Å².